The Bertz CT molecular complexity index is 286. The molecule has 0 radical (unpaired) electrons. The lowest BCUT2D eigenvalue weighted by Gasteiger charge is -2.24. The second-order valence-corrected chi connectivity index (χ2v) is 6.12. The van der Waals surface area contributed by atoms with Gasteiger partial charge in [-0.25, -0.2) is 0 Å². The van der Waals surface area contributed by atoms with Gasteiger partial charge < -0.3 is 4.90 Å². The normalized spacial score (nSPS) is 21.7. The molecular weight excluding hydrogens is 282 g/mol. The molecule has 1 aliphatic heterocycles. The number of nitrogens with zero attached hydrogens (tertiary/aromatic N) is 1. The summed E-state index contributed by atoms with van der Waals surface area (Å²) in [6.07, 6.45) is 6.73. The number of thiophene rings is 1. The van der Waals surface area contributed by atoms with Crippen molar-refractivity contribution in [1.82, 2.24) is 4.90 Å². The summed E-state index contributed by atoms with van der Waals surface area (Å²) in [5.74, 6) is 0. The van der Waals surface area contributed by atoms with Crippen LogP contribution in [-0.2, 0) is 6.42 Å². The van der Waals surface area contributed by atoms with Crippen LogP contribution >= 0.6 is 27.3 Å². The molecule has 16 heavy (non-hydrogen) atoms. The predicted octanol–water partition coefficient (Wildman–Crippen LogP) is 3.93. The molecule has 3 heteroatoms. The van der Waals surface area contributed by atoms with Gasteiger partial charge in [0.15, 0.2) is 0 Å². The first kappa shape index (κ1) is 12.6. The lowest BCUT2D eigenvalue weighted by Crippen LogP contribution is -2.31. The van der Waals surface area contributed by atoms with Gasteiger partial charge in [0.05, 0.1) is 0 Å². The Balaban J connectivity index is 1.75. The van der Waals surface area contributed by atoms with Crippen LogP contribution in [0.15, 0.2) is 16.8 Å². The molecular formula is C13H20BrNS. The Kier molecular flexibility index (Phi) is 5.33. The van der Waals surface area contributed by atoms with Crippen molar-refractivity contribution in [3.63, 3.8) is 0 Å². The smallest absolute Gasteiger partial charge is 0.00961 e. The zero-order valence-corrected chi connectivity index (χ0v) is 12.1. The highest BCUT2D eigenvalue weighted by Gasteiger charge is 2.23. The zero-order chi connectivity index (χ0) is 11.2. The Hall–Kier alpha value is 0.140. The Morgan fingerprint density at radius 1 is 1.50 bits per heavy atom. The molecule has 1 fully saturated rings. The second kappa shape index (κ2) is 6.77. The van der Waals surface area contributed by atoms with Gasteiger partial charge in [-0.1, -0.05) is 15.9 Å². The zero-order valence-electron chi connectivity index (χ0n) is 9.70. The van der Waals surface area contributed by atoms with Gasteiger partial charge in [-0.3, -0.25) is 0 Å². The van der Waals surface area contributed by atoms with Crippen molar-refractivity contribution in [2.24, 2.45) is 0 Å². The summed E-state index contributed by atoms with van der Waals surface area (Å²) in [7, 11) is 0. The largest absolute Gasteiger partial charge is 0.300 e. The van der Waals surface area contributed by atoms with Gasteiger partial charge in [0.25, 0.3) is 0 Å². The fourth-order valence-corrected chi connectivity index (χ4v) is 3.56. The molecule has 0 aliphatic carbocycles. The van der Waals surface area contributed by atoms with Crippen molar-refractivity contribution in [2.75, 3.05) is 18.4 Å². The van der Waals surface area contributed by atoms with Crippen LogP contribution in [0.1, 0.15) is 31.2 Å². The Morgan fingerprint density at radius 2 is 2.44 bits per heavy atom. The summed E-state index contributed by atoms with van der Waals surface area (Å²) in [6.45, 7) is 2.57. The molecule has 0 amide bonds. The van der Waals surface area contributed by atoms with Crippen LogP contribution in [0.2, 0.25) is 0 Å². The third-order valence-corrected chi connectivity index (χ3v) is 4.73. The standard InChI is InChI=1S/C13H20BrNS/c14-7-1-3-13-4-2-8-15(13)9-5-12-6-10-16-11-12/h6,10-11,13H,1-5,7-9H2. The average molecular weight is 302 g/mol. The minimum atomic E-state index is 0.858. The van der Waals surface area contributed by atoms with E-state index < -0.39 is 0 Å². The highest BCUT2D eigenvalue weighted by molar-refractivity contribution is 9.09. The number of likely N-dealkylation sites (tertiary alicyclic amines) is 1. The molecule has 1 aliphatic rings. The molecule has 1 saturated heterocycles. The van der Waals surface area contributed by atoms with E-state index in [-0.39, 0.29) is 0 Å². The number of halogens is 1. The SMILES string of the molecule is BrCCCC1CCCN1CCc1ccsc1. The second-order valence-electron chi connectivity index (χ2n) is 4.54. The lowest BCUT2D eigenvalue weighted by molar-refractivity contribution is 0.245. The molecule has 0 bridgehead atoms. The van der Waals surface area contributed by atoms with Crippen molar-refractivity contribution in [3.05, 3.63) is 22.4 Å². The molecule has 0 N–H and O–H groups in total. The maximum atomic E-state index is 3.53. The predicted molar refractivity (Wildman–Crippen MR) is 75.6 cm³/mol. The number of hydrogen-bond donors (Lipinski definition) is 0. The molecule has 90 valence electrons. The first-order valence-electron chi connectivity index (χ1n) is 6.21. The van der Waals surface area contributed by atoms with E-state index in [0.717, 1.165) is 11.4 Å². The minimum absolute atomic E-state index is 0.858. The topological polar surface area (TPSA) is 3.24 Å². The van der Waals surface area contributed by atoms with E-state index in [1.165, 1.54) is 50.8 Å². The van der Waals surface area contributed by atoms with Crippen molar-refractivity contribution in [2.45, 2.75) is 38.1 Å². The van der Waals surface area contributed by atoms with Crippen LogP contribution < -0.4 is 0 Å². The van der Waals surface area contributed by atoms with Gasteiger partial charge in [-0.2, -0.15) is 11.3 Å². The van der Waals surface area contributed by atoms with Crippen LogP contribution in [0.3, 0.4) is 0 Å². The van der Waals surface area contributed by atoms with Crippen LogP contribution in [0.4, 0.5) is 0 Å². The number of alkyl halides is 1. The van der Waals surface area contributed by atoms with Crippen molar-refractivity contribution in [3.8, 4) is 0 Å². The molecule has 0 spiro atoms. The van der Waals surface area contributed by atoms with Gasteiger partial charge in [-0.05, 0) is 61.0 Å². The maximum Gasteiger partial charge on any atom is 0.00961 e. The first-order valence-corrected chi connectivity index (χ1v) is 8.27. The summed E-state index contributed by atoms with van der Waals surface area (Å²) < 4.78 is 0. The average Bonchev–Trinajstić information content (AvgIpc) is 2.94. The highest BCUT2D eigenvalue weighted by atomic mass is 79.9. The monoisotopic (exact) mass is 301 g/mol. The number of hydrogen-bond acceptors (Lipinski definition) is 2. The molecule has 2 rings (SSSR count). The molecule has 1 aromatic heterocycles. The molecule has 0 saturated carbocycles. The molecule has 1 unspecified atom stereocenters. The van der Waals surface area contributed by atoms with Crippen LogP contribution in [-0.4, -0.2) is 29.4 Å². The van der Waals surface area contributed by atoms with E-state index >= 15 is 0 Å². The third-order valence-electron chi connectivity index (χ3n) is 3.44. The van der Waals surface area contributed by atoms with E-state index in [9.17, 15) is 0 Å². The van der Waals surface area contributed by atoms with Gasteiger partial charge in [0.1, 0.15) is 0 Å². The van der Waals surface area contributed by atoms with E-state index in [2.05, 4.69) is 37.7 Å². The number of rotatable bonds is 6. The minimum Gasteiger partial charge on any atom is -0.300 e. The van der Waals surface area contributed by atoms with Gasteiger partial charge >= 0.3 is 0 Å². The summed E-state index contributed by atoms with van der Waals surface area (Å²) in [5.41, 5.74) is 1.51. The fraction of sp³-hybridized carbons (Fsp3) is 0.692. The fourth-order valence-electron chi connectivity index (χ4n) is 2.54. The maximum absolute atomic E-state index is 3.53. The Morgan fingerprint density at radius 3 is 3.19 bits per heavy atom. The Labute approximate surface area is 111 Å². The lowest BCUT2D eigenvalue weighted by atomic mass is 10.1. The van der Waals surface area contributed by atoms with Crippen LogP contribution in [0.25, 0.3) is 0 Å². The van der Waals surface area contributed by atoms with Gasteiger partial charge in [0.2, 0.25) is 0 Å². The van der Waals surface area contributed by atoms with Crippen molar-refractivity contribution >= 4 is 27.3 Å². The van der Waals surface area contributed by atoms with Crippen LogP contribution in [0.5, 0.6) is 0 Å². The van der Waals surface area contributed by atoms with Gasteiger partial charge in [0, 0.05) is 17.9 Å². The van der Waals surface area contributed by atoms with E-state index in [1.54, 1.807) is 0 Å². The molecule has 1 nitrogen and oxygen atoms in total. The van der Waals surface area contributed by atoms with Crippen molar-refractivity contribution in [1.29, 1.82) is 0 Å². The molecule has 2 heterocycles. The van der Waals surface area contributed by atoms with E-state index in [1.807, 2.05) is 11.3 Å². The highest BCUT2D eigenvalue weighted by Crippen LogP contribution is 2.22. The summed E-state index contributed by atoms with van der Waals surface area (Å²) in [6, 6.07) is 3.12. The van der Waals surface area contributed by atoms with E-state index in [0.29, 0.717) is 0 Å². The summed E-state index contributed by atoms with van der Waals surface area (Å²) in [5, 5.41) is 5.62. The molecule has 1 atom stereocenters. The molecule has 1 aromatic rings. The third kappa shape index (κ3) is 3.57. The molecule has 0 aromatic carbocycles. The van der Waals surface area contributed by atoms with Gasteiger partial charge in [-0.15, -0.1) is 0 Å². The van der Waals surface area contributed by atoms with E-state index in [4.69, 9.17) is 0 Å². The summed E-state index contributed by atoms with van der Waals surface area (Å²) >= 11 is 5.34. The van der Waals surface area contributed by atoms with Crippen LogP contribution in [0, 0.1) is 0 Å². The van der Waals surface area contributed by atoms with Crippen molar-refractivity contribution < 1.29 is 0 Å². The summed E-state index contributed by atoms with van der Waals surface area (Å²) in [4.78, 5) is 2.69. The first-order chi connectivity index (χ1) is 7.90. The quantitative estimate of drug-likeness (QED) is 0.720.